The number of para-hydroxylation sites is 1. The van der Waals surface area contributed by atoms with Crippen molar-refractivity contribution in [3.63, 3.8) is 0 Å². The molecule has 1 unspecified atom stereocenters. The van der Waals surface area contributed by atoms with Crippen LogP contribution < -0.4 is 9.46 Å². The SMILES string of the molecule is COc1ccc(S(=O)(=O)NCC(c2cn(C)c3ccccc23)N(C)C)cc1. The molecule has 3 aromatic rings. The molecule has 0 aliphatic rings. The maximum atomic E-state index is 12.7. The van der Waals surface area contributed by atoms with Crippen molar-refractivity contribution in [1.82, 2.24) is 14.2 Å². The van der Waals surface area contributed by atoms with Crippen LogP contribution in [0.1, 0.15) is 11.6 Å². The number of benzene rings is 2. The third-order valence-corrected chi connectivity index (χ3v) is 6.19. The van der Waals surface area contributed by atoms with Gasteiger partial charge in [-0.15, -0.1) is 0 Å². The molecular weight excluding hydrogens is 362 g/mol. The monoisotopic (exact) mass is 387 g/mol. The van der Waals surface area contributed by atoms with Crippen LogP contribution in [0.4, 0.5) is 0 Å². The molecule has 6 nitrogen and oxygen atoms in total. The zero-order valence-corrected chi connectivity index (χ0v) is 16.8. The van der Waals surface area contributed by atoms with Crippen molar-refractivity contribution < 1.29 is 13.2 Å². The summed E-state index contributed by atoms with van der Waals surface area (Å²) in [4.78, 5) is 2.25. The van der Waals surface area contributed by atoms with Gasteiger partial charge in [0.25, 0.3) is 0 Å². The third-order valence-electron chi connectivity index (χ3n) is 4.75. The first kappa shape index (κ1) is 19.4. The summed E-state index contributed by atoms with van der Waals surface area (Å²) in [5.41, 5.74) is 2.22. The second kappa shape index (κ2) is 7.72. The van der Waals surface area contributed by atoms with Gasteiger partial charge in [-0.1, -0.05) is 18.2 Å². The highest BCUT2D eigenvalue weighted by atomic mass is 32.2. The molecule has 0 saturated heterocycles. The predicted molar refractivity (Wildman–Crippen MR) is 108 cm³/mol. The molecule has 27 heavy (non-hydrogen) atoms. The van der Waals surface area contributed by atoms with E-state index in [1.165, 1.54) is 0 Å². The first-order valence-corrected chi connectivity index (χ1v) is 10.2. The van der Waals surface area contributed by atoms with Gasteiger partial charge in [0.15, 0.2) is 0 Å². The molecule has 0 spiro atoms. The average molecular weight is 388 g/mol. The van der Waals surface area contributed by atoms with Crippen LogP contribution in [-0.2, 0) is 17.1 Å². The van der Waals surface area contributed by atoms with Crippen molar-refractivity contribution >= 4 is 20.9 Å². The lowest BCUT2D eigenvalue weighted by molar-refractivity contribution is 0.301. The number of ether oxygens (including phenoxy) is 1. The van der Waals surface area contributed by atoms with E-state index in [-0.39, 0.29) is 17.5 Å². The Morgan fingerprint density at radius 3 is 2.41 bits per heavy atom. The van der Waals surface area contributed by atoms with E-state index in [1.807, 2.05) is 38.2 Å². The van der Waals surface area contributed by atoms with E-state index in [0.29, 0.717) is 5.75 Å². The highest BCUT2D eigenvalue weighted by Crippen LogP contribution is 2.28. The van der Waals surface area contributed by atoms with Gasteiger partial charge in [-0.25, -0.2) is 13.1 Å². The number of nitrogens with one attached hydrogen (secondary N) is 1. The molecule has 0 radical (unpaired) electrons. The number of hydrogen-bond donors (Lipinski definition) is 1. The number of sulfonamides is 1. The lowest BCUT2D eigenvalue weighted by Crippen LogP contribution is -2.34. The zero-order valence-electron chi connectivity index (χ0n) is 16.0. The van der Waals surface area contributed by atoms with Crippen LogP contribution in [0.3, 0.4) is 0 Å². The number of rotatable bonds is 7. The Hall–Kier alpha value is -2.35. The fourth-order valence-corrected chi connectivity index (χ4v) is 4.27. The maximum Gasteiger partial charge on any atom is 0.240 e. The van der Waals surface area contributed by atoms with Crippen LogP contribution in [0, 0.1) is 0 Å². The fraction of sp³-hybridized carbons (Fsp3) is 0.300. The average Bonchev–Trinajstić information content (AvgIpc) is 2.98. The minimum Gasteiger partial charge on any atom is -0.497 e. The van der Waals surface area contributed by atoms with E-state index in [9.17, 15) is 8.42 Å². The first-order valence-electron chi connectivity index (χ1n) is 8.67. The maximum absolute atomic E-state index is 12.7. The summed E-state index contributed by atoms with van der Waals surface area (Å²) < 4.78 is 35.3. The van der Waals surface area contributed by atoms with Crippen LogP contribution >= 0.6 is 0 Å². The third kappa shape index (κ3) is 4.00. The number of nitrogens with zero attached hydrogens (tertiary/aromatic N) is 2. The molecule has 0 aliphatic heterocycles. The van der Waals surface area contributed by atoms with Gasteiger partial charge in [-0.2, -0.15) is 0 Å². The van der Waals surface area contributed by atoms with Crippen LogP contribution in [-0.4, -0.2) is 45.6 Å². The number of aryl methyl sites for hydroxylation is 1. The van der Waals surface area contributed by atoms with E-state index in [2.05, 4.69) is 27.6 Å². The fourth-order valence-electron chi connectivity index (χ4n) is 3.24. The summed E-state index contributed by atoms with van der Waals surface area (Å²) in [6.45, 7) is 0.273. The molecule has 0 bridgehead atoms. The first-order chi connectivity index (χ1) is 12.8. The molecule has 1 atom stereocenters. The minimum atomic E-state index is -3.61. The predicted octanol–water partition coefficient (Wildman–Crippen LogP) is 2.77. The van der Waals surface area contributed by atoms with Gasteiger partial charge in [0, 0.05) is 36.7 Å². The molecule has 0 fully saturated rings. The Labute approximate surface area is 160 Å². The Bertz CT molecular complexity index is 1020. The second-order valence-electron chi connectivity index (χ2n) is 6.72. The van der Waals surface area contributed by atoms with E-state index >= 15 is 0 Å². The molecule has 1 heterocycles. The van der Waals surface area contributed by atoms with Gasteiger partial charge in [-0.3, -0.25) is 0 Å². The van der Waals surface area contributed by atoms with Crippen molar-refractivity contribution in [3.8, 4) is 5.75 Å². The summed E-state index contributed by atoms with van der Waals surface area (Å²) in [6, 6.07) is 14.4. The van der Waals surface area contributed by atoms with Gasteiger partial charge in [0.2, 0.25) is 10.0 Å². The molecule has 0 saturated carbocycles. The number of methoxy groups -OCH3 is 1. The lowest BCUT2D eigenvalue weighted by Gasteiger charge is -2.24. The van der Waals surface area contributed by atoms with Crippen molar-refractivity contribution in [2.75, 3.05) is 27.7 Å². The Kier molecular flexibility index (Phi) is 5.55. The summed E-state index contributed by atoms with van der Waals surface area (Å²) in [5, 5.41) is 1.13. The molecule has 0 aliphatic carbocycles. The Morgan fingerprint density at radius 2 is 1.78 bits per heavy atom. The van der Waals surface area contributed by atoms with Gasteiger partial charge < -0.3 is 14.2 Å². The van der Waals surface area contributed by atoms with Gasteiger partial charge in [0.1, 0.15) is 5.75 Å². The lowest BCUT2D eigenvalue weighted by atomic mass is 10.1. The Morgan fingerprint density at radius 1 is 1.11 bits per heavy atom. The summed E-state index contributed by atoms with van der Waals surface area (Å²) in [7, 11) is 3.85. The van der Waals surface area contributed by atoms with Crippen molar-refractivity contribution in [2.45, 2.75) is 10.9 Å². The second-order valence-corrected chi connectivity index (χ2v) is 8.49. The van der Waals surface area contributed by atoms with E-state index in [1.54, 1.807) is 31.4 Å². The topological polar surface area (TPSA) is 63.6 Å². The largest absolute Gasteiger partial charge is 0.497 e. The highest BCUT2D eigenvalue weighted by Gasteiger charge is 2.22. The van der Waals surface area contributed by atoms with Crippen LogP contribution in [0.25, 0.3) is 10.9 Å². The molecule has 1 aromatic heterocycles. The summed E-state index contributed by atoms with van der Waals surface area (Å²) >= 11 is 0. The quantitative estimate of drug-likeness (QED) is 0.677. The number of aromatic nitrogens is 1. The molecular formula is C20H25N3O3S. The number of likely N-dealkylation sites (N-methyl/N-ethyl adjacent to an activating group) is 1. The molecule has 7 heteroatoms. The molecule has 0 amide bonds. The number of hydrogen-bond acceptors (Lipinski definition) is 4. The standard InChI is InChI=1S/C20H25N3O3S/c1-22(2)20(18-14-23(3)19-8-6-5-7-17(18)19)13-21-27(24,25)16-11-9-15(26-4)10-12-16/h5-12,14,20-21H,13H2,1-4H3. The zero-order chi connectivity index (χ0) is 19.6. The van der Waals surface area contributed by atoms with Crippen LogP contribution in [0.15, 0.2) is 59.6 Å². The van der Waals surface area contributed by atoms with Crippen molar-refractivity contribution in [2.24, 2.45) is 7.05 Å². The van der Waals surface area contributed by atoms with E-state index in [0.717, 1.165) is 16.5 Å². The summed E-state index contributed by atoms with van der Waals surface area (Å²) in [6.07, 6.45) is 2.07. The molecule has 144 valence electrons. The molecule has 3 rings (SSSR count). The van der Waals surface area contributed by atoms with Gasteiger partial charge in [-0.05, 0) is 50.0 Å². The van der Waals surface area contributed by atoms with Gasteiger partial charge >= 0.3 is 0 Å². The van der Waals surface area contributed by atoms with E-state index < -0.39 is 10.0 Å². The number of fused-ring (bicyclic) bond motifs is 1. The van der Waals surface area contributed by atoms with E-state index in [4.69, 9.17) is 4.74 Å². The normalized spacial score (nSPS) is 13.2. The summed E-state index contributed by atoms with van der Waals surface area (Å²) in [5.74, 6) is 0.621. The molecule has 1 N–H and O–H groups in total. The smallest absolute Gasteiger partial charge is 0.240 e. The highest BCUT2D eigenvalue weighted by molar-refractivity contribution is 7.89. The van der Waals surface area contributed by atoms with Crippen molar-refractivity contribution in [3.05, 3.63) is 60.3 Å². The van der Waals surface area contributed by atoms with Crippen molar-refractivity contribution in [1.29, 1.82) is 0 Å². The minimum absolute atomic E-state index is 0.0934. The van der Waals surface area contributed by atoms with Crippen LogP contribution in [0.2, 0.25) is 0 Å². The van der Waals surface area contributed by atoms with Crippen LogP contribution in [0.5, 0.6) is 5.75 Å². The van der Waals surface area contributed by atoms with Gasteiger partial charge in [0.05, 0.1) is 12.0 Å². The molecule has 2 aromatic carbocycles. The Balaban J connectivity index is 1.86.